The number of nitrogens with one attached hydrogen (secondary N) is 1. The van der Waals surface area contributed by atoms with Crippen molar-refractivity contribution in [2.24, 2.45) is 5.92 Å². The van der Waals surface area contributed by atoms with Gasteiger partial charge < -0.3 is 5.32 Å². The molecule has 0 bridgehead atoms. The molecule has 0 aliphatic rings. The first kappa shape index (κ1) is 17.5. The molecule has 1 unspecified atom stereocenters. The monoisotopic (exact) mass is 364 g/mol. The highest BCUT2D eigenvalue weighted by Gasteiger charge is 2.27. The molecule has 1 amide bonds. The van der Waals surface area contributed by atoms with E-state index in [0.717, 1.165) is 0 Å². The number of rotatable bonds is 6. The molecule has 116 valence electrons. The van der Waals surface area contributed by atoms with Gasteiger partial charge in [0.1, 0.15) is 11.4 Å². The Morgan fingerprint density at radius 3 is 2.52 bits per heavy atom. The van der Waals surface area contributed by atoms with E-state index in [9.17, 15) is 23.7 Å². The van der Waals surface area contributed by atoms with Gasteiger partial charge >= 0.3 is 5.69 Å². The minimum absolute atomic E-state index is 0.271. The van der Waals surface area contributed by atoms with Crippen LogP contribution in [0.25, 0.3) is 0 Å². The minimum atomic E-state index is -1.46. The standard InChI is InChI=1S/C13H15BrF2N2O3/c1-7(2)5-8(6-14)17-13(19)11-9(15)3-4-10(12(11)16)18(20)21/h3-4,7-8H,5-6H2,1-2H3,(H,17,19). The molecule has 8 heteroatoms. The van der Waals surface area contributed by atoms with Crippen LogP contribution >= 0.6 is 15.9 Å². The average molecular weight is 365 g/mol. The lowest BCUT2D eigenvalue weighted by atomic mass is 10.0. The quantitative estimate of drug-likeness (QED) is 0.477. The molecule has 1 rings (SSSR count). The van der Waals surface area contributed by atoms with Crippen LogP contribution in [0.3, 0.4) is 0 Å². The second kappa shape index (κ2) is 7.44. The normalized spacial score (nSPS) is 12.3. The molecule has 21 heavy (non-hydrogen) atoms. The molecule has 1 aromatic carbocycles. The van der Waals surface area contributed by atoms with Crippen LogP contribution in [0.5, 0.6) is 0 Å². The van der Waals surface area contributed by atoms with Crippen LogP contribution in [0.2, 0.25) is 0 Å². The highest BCUT2D eigenvalue weighted by molar-refractivity contribution is 9.09. The maximum Gasteiger partial charge on any atom is 0.305 e. The van der Waals surface area contributed by atoms with E-state index in [0.29, 0.717) is 23.9 Å². The summed E-state index contributed by atoms with van der Waals surface area (Å²) in [5, 5.41) is 13.5. The predicted octanol–water partition coefficient (Wildman–Crippen LogP) is 3.41. The van der Waals surface area contributed by atoms with Crippen LogP contribution in [0.4, 0.5) is 14.5 Å². The number of benzene rings is 1. The van der Waals surface area contributed by atoms with Crippen molar-refractivity contribution in [3.05, 3.63) is 39.4 Å². The minimum Gasteiger partial charge on any atom is -0.348 e. The zero-order valence-electron chi connectivity index (χ0n) is 11.5. The summed E-state index contributed by atoms with van der Waals surface area (Å²) in [5.74, 6) is -3.32. The second-order valence-electron chi connectivity index (χ2n) is 4.97. The number of hydrogen-bond donors (Lipinski definition) is 1. The molecule has 1 N–H and O–H groups in total. The van der Waals surface area contributed by atoms with E-state index in [1.807, 2.05) is 13.8 Å². The summed E-state index contributed by atoms with van der Waals surface area (Å²) < 4.78 is 27.5. The molecule has 0 aliphatic heterocycles. The molecule has 0 radical (unpaired) electrons. The predicted molar refractivity (Wildman–Crippen MR) is 77.5 cm³/mol. The third-order valence-corrected chi connectivity index (χ3v) is 3.55. The average Bonchev–Trinajstić information content (AvgIpc) is 2.36. The summed E-state index contributed by atoms with van der Waals surface area (Å²) in [6, 6.07) is 1.08. The van der Waals surface area contributed by atoms with Crippen LogP contribution in [0.15, 0.2) is 12.1 Å². The van der Waals surface area contributed by atoms with Crippen LogP contribution in [0, 0.1) is 27.7 Å². The van der Waals surface area contributed by atoms with Crippen molar-refractivity contribution in [3.63, 3.8) is 0 Å². The van der Waals surface area contributed by atoms with Gasteiger partial charge in [0.25, 0.3) is 5.91 Å². The third-order valence-electron chi connectivity index (χ3n) is 2.77. The zero-order valence-corrected chi connectivity index (χ0v) is 13.1. The van der Waals surface area contributed by atoms with Crippen LogP contribution in [-0.2, 0) is 0 Å². The lowest BCUT2D eigenvalue weighted by molar-refractivity contribution is -0.387. The Hall–Kier alpha value is -1.57. The number of alkyl halides is 1. The van der Waals surface area contributed by atoms with E-state index >= 15 is 0 Å². The Bertz CT molecular complexity index is 552. The second-order valence-corrected chi connectivity index (χ2v) is 5.61. The van der Waals surface area contributed by atoms with Crippen molar-refractivity contribution in [1.29, 1.82) is 0 Å². The first-order valence-corrected chi connectivity index (χ1v) is 7.39. The van der Waals surface area contributed by atoms with E-state index < -0.39 is 33.7 Å². The summed E-state index contributed by atoms with van der Waals surface area (Å²) >= 11 is 3.21. The van der Waals surface area contributed by atoms with Gasteiger partial charge in [-0.15, -0.1) is 0 Å². The van der Waals surface area contributed by atoms with Gasteiger partial charge in [-0.1, -0.05) is 29.8 Å². The lowest BCUT2D eigenvalue weighted by Gasteiger charge is -2.18. The number of carbonyl (C=O) groups is 1. The molecule has 0 aromatic heterocycles. The SMILES string of the molecule is CC(C)CC(CBr)NC(=O)c1c(F)ccc([N+](=O)[O-])c1F. The van der Waals surface area contributed by atoms with Gasteiger partial charge in [0.05, 0.1) is 4.92 Å². The summed E-state index contributed by atoms with van der Waals surface area (Å²) in [5.41, 5.74) is -1.86. The molecule has 0 heterocycles. The fourth-order valence-corrected chi connectivity index (χ4v) is 2.30. The molecule has 5 nitrogen and oxygen atoms in total. The van der Waals surface area contributed by atoms with Crippen LogP contribution in [-0.4, -0.2) is 22.2 Å². The molecule has 0 fully saturated rings. The molecule has 0 aliphatic carbocycles. The van der Waals surface area contributed by atoms with Crippen molar-refractivity contribution in [1.82, 2.24) is 5.32 Å². The fraction of sp³-hybridized carbons (Fsp3) is 0.462. The maximum atomic E-state index is 13.9. The number of carbonyl (C=O) groups excluding carboxylic acids is 1. The zero-order chi connectivity index (χ0) is 16.2. The van der Waals surface area contributed by atoms with E-state index in [2.05, 4.69) is 21.2 Å². The van der Waals surface area contributed by atoms with Crippen molar-refractivity contribution in [2.45, 2.75) is 26.3 Å². The fourth-order valence-electron chi connectivity index (χ4n) is 1.88. The molecule has 0 saturated carbocycles. The summed E-state index contributed by atoms with van der Waals surface area (Å²) in [4.78, 5) is 21.6. The Kier molecular flexibility index (Phi) is 6.19. The van der Waals surface area contributed by atoms with E-state index in [-0.39, 0.29) is 12.0 Å². The van der Waals surface area contributed by atoms with Gasteiger partial charge in [0.15, 0.2) is 0 Å². The number of nitro benzene ring substituents is 1. The lowest BCUT2D eigenvalue weighted by Crippen LogP contribution is -2.38. The van der Waals surface area contributed by atoms with E-state index in [1.54, 1.807) is 0 Å². The summed E-state index contributed by atoms with van der Waals surface area (Å²) in [7, 11) is 0. The van der Waals surface area contributed by atoms with Crippen LogP contribution in [0.1, 0.15) is 30.6 Å². The molecule has 0 saturated heterocycles. The van der Waals surface area contributed by atoms with Gasteiger partial charge in [0.2, 0.25) is 5.82 Å². The summed E-state index contributed by atoms with van der Waals surface area (Å²) in [6.45, 7) is 3.88. The summed E-state index contributed by atoms with van der Waals surface area (Å²) in [6.07, 6.45) is 0.606. The van der Waals surface area contributed by atoms with Gasteiger partial charge in [0, 0.05) is 17.4 Å². The van der Waals surface area contributed by atoms with Crippen molar-refractivity contribution >= 4 is 27.5 Å². The Morgan fingerprint density at radius 1 is 1.43 bits per heavy atom. The van der Waals surface area contributed by atoms with E-state index in [1.165, 1.54) is 0 Å². The Balaban J connectivity index is 3.07. The Morgan fingerprint density at radius 2 is 2.05 bits per heavy atom. The van der Waals surface area contributed by atoms with E-state index in [4.69, 9.17) is 0 Å². The number of amides is 1. The number of nitrogens with zero attached hydrogens (tertiary/aromatic N) is 1. The maximum absolute atomic E-state index is 13.9. The Labute approximate surface area is 129 Å². The largest absolute Gasteiger partial charge is 0.348 e. The van der Waals surface area contributed by atoms with Crippen LogP contribution < -0.4 is 5.32 Å². The van der Waals surface area contributed by atoms with Crippen molar-refractivity contribution < 1.29 is 18.5 Å². The first-order chi connectivity index (χ1) is 9.77. The molecular formula is C13H15BrF2N2O3. The number of nitro groups is 1. The van der Waals surface area contributed by atoms with Gasteiger partial charge in [-0.05, 0) is 18.4 Å². The van der Waals surface area contributed by atoms with Gasteiger partial charge in [-0.25, -0.2) is 4.39 Å². The highest BCUT2D eigenvalue weighted by atomic mass is 79.9. The molecule has 0 spiro atoms. The first-order valence-electron chi connectivity index (χ1n) is 6.27. The van der Waals surface area contributed by atoms with Gasteiger partial charge in [-0.2, -0.15) is 4.39 Å². The molecule has 1 atom stereocenters. The topological polar surface area (TPSA) is 72.2 Å². The third kappa shape index (κ3) is 4.45. The van der Waals surface area contributed by atoms with Gasteiger partial charge in [-0.3, -0.25) is 14.9 Å². The van der Waals surface area contributed by atoms with Crippen molar-refractivity contribution in [3.8, 4) is 0 Å². The smallest absolute Gasteiger partial charge is 0.305 e. The van der Waals surface area contributed by atoms with Crippen molar-refractivity contribution in [2.75, 3.05) is 5.33 Å². The highest BCUT2D eigenvalue weighted by Crippen LogP contribution is 2.23. The molecule has 1 aromatic rings. The number of hydrogen-bond acceptors (Lipinski definition) is 3. The molecular weight excluding hydrogens is 350 g/mol. The number of halogens is 3.